The molecule has 0 saturated carbocycles. The van der Waals surface area contributed by atoms with Crippen LogP contribution in [0.2, 0.25) is 0 Å². The lowest BCUT2D eigenvalue weighted by molar-refractivity contribution is 0.101. The van der Waals surface area contributed by atoms with Crippen molar-refractivity contribution in [1.29, 1.82) is 0 Å². The molecule has 0 unspecified atom stereocenters. The zero-order chi connectivity index (χ0) is 11.9. The number of ketones is 1. The summed E-state index contributed by atoms with van der Waals surface area (Å²) in [6.07, 6.45) is 0. The number of carbonyl (C=O) groups excluding carboxylic acids is 1. The molecule has 0 aliphatic heterocycles. The molecule has 84 valence electrons. The lowest BCUT2D eigenvalue weighted by Gasteiger charge is -2.06. The number of nitrogen functional groups attached to an aromatic ring is 1. The maximum Gasteiger partial charge on any atom is 0.159 e. The number of nitrogens with two attached hydrogens (primary N) is 1. The van der Waals surface area contributed by atoms with E-state index < -0.39 is 0 Å². The fraction of sp³-hybridized carbons (Fsp3) is 0.364. The first-order valence-corrected chi connectivity index (χ1v) is 5.16. The smallest absolute Gasteiger partial charge is 0.159 e. The number of benzene rings is 1. The van der Waals surface area contributed by atoms with Crippen molar-refractivity contribution in [2.75, 3.05) is 5.73 Å². The number of fused-ring (bicyclic) bond motifs is 1. The number of anilines is 1. The van der Waals surface area contributed by atoms with Crippen molar-refractivity contribution < 1.29 is 4.79 Å². The molecule has 0 aliphatic carbocycles. The Bertz CT molecular complexity index is 556. The zero-order valence-electron chi connectivity index (χ0n) is 9.56. The van der Waals surface area contributed by atoms with Crippen LogP contribution in [0.3, 0.4) is 0 Å². The second-order valence-electron chi connectivity index (χ2n) is 4.12. The predicted molar refractivity (Wildman–Crippen MR) is 62.3 cm³/mol. The summed E-state index contributed by atoms with van der Waals surface area (Å²) in [7, 11) is 0. The number of hydrogen-bond donors (Lipinski definition) is 1. The van der Waals surface area contributed by atoms with E-state index in [9.17, 15) is 4.79 Å². The van der Waals surface area contributed by atoms with Crippen molar-refractivity contribution >= 4 is 22.5 Å². The minimum atomic E-state index is -0.00916. The highest BCUT2D eigenvalue weighted by atomic mass is 16.1. The molecular weight excluding hydrogens is 204 g/mol. The number of hydrogen-bond acceptors (Lipinski definition) is 4. The molecular formula is C11H14N4O. The molecule has 0 fully saturated rings. The zero-order valence-corrected chi connectivity index (χ0v) is 9.56. The molecule has 0 atom stereocenters. The average molecular weight is 218 g/mol. The molecule has 2 rings (SSSR count). The van der Waals surface area contributed by atoms with E-state index in [2.05, 4.69) is 10.3 Å². The van der Waals surface area contributed by atoms with E-state index in [0.717, 1.165) is 5.52 Å². The van der Waals surface area contributed by atoms with Crippen molar-refractivity contribution in [3.63, 3.8) is 0 Å². The molecule has 0 saturated heterocycles. The monoisotopic (exact) mass is 218 g/mol. The maximum atomic E-state index is 11.3. The fourth-order valence-corrected chi connectivity index (χ4v) is 1.65. The van der Waals surface area contributed by atoms with Gasteiger partial charge >= 0.3 is 0 Å². The summed E-state index contributed by atoms with van der Waals surface area (Å²) in [4.78, 5) is 11.3. The Morgan fingerprint density at radius 3 is 2.69 bits per heavy atom. The molecule has 16 heavy (non-hydrogen) atoms. The second-order valence-corrected chi connectivity index (χ2v) is 4.12. The van der Waals surface area contributed by atoms with E-state index >= 15 is 0 Å². The summed E-state index contributed by atoms with van der Waals surface area (Å²) in [5.74, 6) is -0.00916. The van der Waals surface area contributed by atoms with Gasteiger partial charge < -0.3 is 5.73 Å². The Kier molecular flexibility index (Phi) is 2.38. The van der Waals surface area contributed by atoms with Crippen LogP contribution in [0.5, 0.6) is 0 Å². The second kappa shape index (κ2) is 3.59. The molecule has 1 aromatic carbocycles. The molecule has 0 radical (unpaired) electrons. The molecule has 2 aromatic rings. The van der Waals surface area contributed by atoms with Crippen LogP contribution in [0.15, 0.2) is 12.1 Å². The summed E-state index contributed by atoms with van der Waals surface area (Å²) in [6.45, 7) is 5.53. The maximum absolute atomic E-state index is 11.3. The summed E-state index contributed by atoms with van der Waals surface area (Å²) in [5, 5.41) is 8.05. The quantitative estimate of drug-likeness (QED) is 0.616. The third-order valence-corrected chi connectivity index (χ3v) is 2.50. The number of aromatic nitrogens is 3. The van der Waals surface area contributed by atoms with Gasteiger partial charge in [0.2, 0.25) is 0 Å². The van der Waals surface area contributed by atoms with Gasteiger partial charge in [0.15, 0.2) is 5.78 Å². The summed E-state index contributed by atoms with van der Waals surface area (Å²) < 4.78 is 1.76. The minimum Gasteiger partial charge on any atom is -0.397 e. The van der Waals surface area contributed by atoms with E-state index in [4.69, 9.17) is 5.73 Å². The lowest BCUT2D eigenvalue weighted by Crippen LogP contribution is -2.03. The molecule has 1 aromatic heterocycles. The largest absolute Gasteiger partial charge is 0.397 e. The average Bonchev–Trinajstić information content (AvgIpc) is 2.61. The van der Waals surface area contributed by atoms with Crippen LogP contribution in [-0.4, -0.2) is 20.8 Å². The topological polar surface area (TPSA) is 73.8 Å². The van der Waals surface area contributed by atoms with Gasteiger partial charge in [0, 0.05) is 11.6 Å². The van der Waals surface area contributed by atoms with Crippen molar-refractivity contribution in [2.24, 2.45) is 0 Å². The van der Waals surface area contributed by atoms with Gasteiger partial charge in [0.25, 0.3) is 0 Å². The Hall–Kier alpha value is -1.91. The standard InChI is InChI=1S/C11H14N4O/c1-6(2)15-10-5-8(7(3)16)4-9(12)11(10)13-14-15/h4-6H,12H2,1-3H3. The van der Waals surface area contributed by atoms with Crippen molar-refractivity contribution in [3.05, 3.63) is 17.7 Å². The predicted octanol–water partition coefficient (Wildman–Crippen LogP) is 1.80. The molecule has 5 heteroatoms. The van der Waals surface area contributed by atoms with Crippen LogP contribution in [0.4, 0.5) is 5.69 Å². The molecule has 2 N–H and O–H groups in total. The molecule has 5 nitrogen and oxygen atoms in total. The Morgan fingerprint density at radius 2 is 2.12 bits per heavy atom. The van der Waals surface area contributed by atoms with Gasteiger partial charge in [-0.3, -0.25) is 4.79 Å². The van der Waals surface area contributed by atoms with Crippen LogP contribution >= 0.6 is 0 Å². The van der Waals surface area contributed by atoms with Crippen LogP contribution in [-0.2, 0) is 0 Å². The number of carbonyl (C=O) groups is 1. The molecule has 0 aliphatic rings. The number of Topliss-reactive ketones (excluding diaryl/α,β-unsaturated/α-hetero) is 1. The van der Waals surface area contributed by atoms with Crippen LogP contribution in [0, 0.1) is 0 Å². The minimum absolute atomic E-state index is 0.00916. The van der Waals surface area contributed by atoms with Crippen LogP contribution < -0.4 is 5.73 Å². The first-order valence-electron chi connectivity index (χ1n) is 5.16. The highest BCUT2D eigenvalue weighted by molar-refractivity contribution is 6.00. The van der Waals surface area contributed by atoms with Gasteiger partial charge in [-0.15, -0.1) is 5.10 Å². The van der Waals surface area contributed by atoms with Gasteiger partial charge in [-0.25, -0.2) is 4.68 Å². The van der Waals surface area contributed by atoms with Crippen LogP contribution in [0.1, 0.15) is 37.2 Å². The third kappa shape index (κ3) is 1.54. The molecule has 0 amide bonds. The number of nitrogens with zero attached hydrogens (tertiary/aromatic N) is 3. The third-order valence-electron chi connectivity index (χ3n) is 2.50. The summed E-state index contributed by atoms with van der Waals surface area (Å²) in [5.41, 5.74) is 8.38. The van der Waals surface area contributed by atoms with Gasteiger partial charge in [-0.05, 0) is 32.9 Å². The van der Waals surface area contributed by atoms with E-state index in [1.54, 1.807) is 16.8 Å². The molecule has 0 spiro atoms. The van der Waals surface area contributed by atoms with E-state index in [1.165, 1.54) is 6.92 Å². The van der Waals surface area contributed by atoms with Gasteiger partial charge in [-0.1, -0.05) is 5.21 Å². The Balaban J connectivity index is 2.76. The summed E-state index contributed by atoms with van der Waals surface area (Å²) in [6, 6.07) is 3.62. The first kappa shape index (κ1) is 10.6. The van der Waals surface area contributed by atoms with Crippen LogP contribution in [0.25, 0.3) is 11.0 Å². The van der Waals surface area contributed by atoms with Gasteiger partial charge in [0.05, 0.1) is 11.2 Å². The first-order chi connectivity index (χ1) is 7.50. The Morgan fingerprint density at radius 1 is 1.44 bits per heavy atom. The molecule has 1 heterocycles. The van der Waals surface area contributed by atoms with Gasteiger partial charge in [0.1, 0.15) is 5.52 Å². The normalized spacial score (nSPS) is 11.2. The van der Waals surface area contributed by atoms with Crippen molar-refractivity contribution in [1.82, 2.24) is 15.0 Å². The van der Waals surface area contributed by atoms with Crippen molar-refractivity contribution in [2.45, 2.75) is 26.8 Å². The Labute approximate surface area is 93.2 Å². The van der Waals surface area contributed by atoms with E-state index in [1.807, 2.05) is 13.8 Å². The van der Waals surface area contributed by atoms with E-state index in [-0.39, 0.29) is 11.8 Å². The summed E-state index contributed by atoms with van der Waals surface area (Å²) >= 11 is 0. The number of rotatable bonds is 2. The van der Waals surface area contributed by atoms with Crippen molar-refractivity contribution in [3.8, 4) is 0 Å². The lowest BCUT2D eigenvalue weighted by atomic mass is 10.1. The fourth-order valence-electron chi connectivity index (χ4n) is 1.65. The highest BCUT2D eigenvalue weighted by Gasteiger charge is 2.12. The van der Waals surface area contributed by atoms with E-state index in [0.29, 0.717) is 16.8 Å². The molecule has 0 bridgehead atoms. The SMILES string of the molecule is CC(=O)c1cc(N)c2nnn(C(C)C)c2c1. The highest BCUT2D eigenvalue weighted by Crippen LogP contribution is 2.23. The van der Waals surface area contributed by atoms with Gasteiger partial charge in [-0.2, -0.15) is 0 Å².